The van der Waals surface area contributed by atoms with Gasteiger partial charge in [0, 0.05) is 30.9 Å². The van der Waals surface area contributed by atoms with E-state index in [0.29, 0.717) is 28.6 Å². The third kappa shape index (κ3) is 7.44. The summed E-state index contributed by atoms with van der Waals surface area (Å²) in [6.45, 7) is 2.39. The molecule has 1 aromatic carbocycles. The topological polar surface area (TPSA) is 144 Å². The van der Waals surface area contributed by atoms with Crippen LogP contribution in [0.3, 0.4) is 0 Å². The van der Waals surface area contributed by atoms with Gasteiger partial charge in [0.05, 0.1) is 13.7 Å². The van der Waals surface area contributed by atoms with Crippen molar-refractivity contribution in [3.05, 3.63) is 50.1 Å². The number of nitrogens with two attached hydrogens (primary N) is 1. The molecule has 2 amide bonds. The van der Waals surface area contributed by atoms with Gasteiger partial charge in [-0.05, 0) is 30.7 Å². The second-order valence-corrected chi connectivity index (χ2v) is 8.34. The second kappa shape index (κ2) is 12.9. The molecular weight excluding hydrogens is 464 g/mol. The fraction of sp³-hybridized carbons (Fsp3) is 0.455. The Kier molecular flexibility index (Phi) is 10.3. The van der Waals surface area contributed by atoms with Crippen LogP contribution in [0.15, 0.2) is 33.9 Å². The summed E-state index contributed by atoms with van der Waals surface area (Å²) in [6.07, 6.45) is 1.50. The number of carbonyl (C=O) groups excluding carboxylic acids is 2. The van der Waals surface area contributed by atoms with Crippen LogP contribution < -0.4 is 32.1 Å². The third-order valence-corrected chi connectivity index (χ3v) is 5.33. The molecule has 0 saturated heterocycles. The summed E-state index contributed by atoms with van der Waals surface area (Å²) >= 11 is 5.85. The lowest BCUT2D eigenvalue weighted by Crippen LogP contribution is -3.11. The summed E-state index contributed by atoms with van der Waals surface area (Å²) in [7, 11) is 3.15. The van der Waals surface area contributed by atoms with Gasteiger partial charge in [0.2, 0.25) is 0 Å². The number of nitrogen functional groups attached to an aromatic ring is 1. The molecule has 11 nitrogen and oxygen atoms in total. The first-order valence-electron chi connectivity index (χ1n) is 11.0. The van der Waals surface area contributed by atoms with Crippen LogP contribution in [-0.4, -0.2) is 61.8 Å². The average molecular weight is 496 g/mol. The number of halogens is 1. The first-order chi connectivity index (χ1) is 16.2. The number of quaternary nitrogens is 1. The summed E-state index contributed by atoms with van der Waals surface area (Å²) in [5.74, 6) is -0.807. The van der Waals surface area contributed by atoms with Crippen molar-refractivity contribution in [2.75, 3.05) is 56.3 Å². The maximum absolute atomic E-state index is 13.2. The van der Waals surface area contributed by atoms with Gasteiger partial charge in [-0.15, -0.1) is 0 Å². The first kappa shape index (κ1) is 27.1. The number of hydrogen-bond donors (Lipinski definition) is 4. The normalized spacial score (nSPS) is 11.8. The van der Waals surface area contributed by atoms with E-state index in [1.165, 1.54) is 16.6 Å². The lowest BCUT2D eigenvalue weighted by atomic mass is 10.3. The number of nitrogens with zero attached hydrogens (tertiary/aromatic N) is 2. The van der Waals surface area contributed by atoms with Crippen LogP contribution in [-0.2, 0) is 20.9 Å². The molecular formula is C22H32ClN6O5+. The molecule has 1 unspecified atom stereocenters. The first-order valence-corrected chi connectivity index (χ1v) is 11.3. The van der Waals surface area contributed by atoms with E-state index in [-0.39, 0.29) is 43.7 Å². The van der Waals surface area contributed by atoms with Crippen molar-refractivity contribution < 1.29 is 19.2 Å². The van der Waals surface area contributed by atoms with Crippen LogP contribution >= 0.6 is 11.6 Å². The molecule has 0 saturated carbocycles. The van der Waals surface area contributed by atoms with E-state index in [1.807, 2.05) is 6.92 Å². The van der Waals surface area contributed by atoms with E-state index >= 15 is 0 Å². The summed E-state index contributed by atoms with van der Waals surface area (Å²) < 4.78 is 6.34. The second-order valence-electron chi connectivity index (χ2n) is 7.90. The Morgan fingerprint density at radius 2 is 1.91 bits per heavy atom. The van der Waals surface area contributed by atoms with Crippen LogP contribution in [0.2, 0.25) is 5.02 Å². The molecule has 0 radical (unpaired) electrons. The lowest BCUT2D eigenvalue weighted by Gasteiger charge is -2.25. The van der Waals surface area contributed by atoms with Gasteiger partial charge in [-0.3, -0.25) is 28.8 Å². The van der Waals surface area contributed by atoms with Crippen molar-refractivity contribution in [3.63, 3.8) is 0 Å². The van der Waals surface area contributed by atoms with Gasteiger partial charge in [-0.1, -0.05) is 24.9 Å². The number of rotatable bonds is 12. The zero-order valence-electron chi connectivity index (χ0n) is 19.7. The number of aromatic nitrogens is 2. The molecule has 34 heavy (non-hydrogen) atoms. The summed E-state index contributed by atoms with van der Waals surface area (Å²) in [5.41, 5.74) is 5.28. The fourth-order valence-corrected chi connectivity index (χ4v) is 3.47. The van der Waals surface area contributed by atoms with E-state index in [0.717, 1.165) is 6.42 Å². The smallest absolute Gasteiger partial charge is 0.330 e. The molecule has 1 aromatic heterocycles. The molecule has 2 aromatic rings. The van der Waals surface area contributed by atoms with Gasteiger partial charge in [-0.2, -0.15) is 0 Å². The minimum Gasteiger partial charge on any atom is -0.383 e. The molecule has 0 aliphatic heterocycles. The number of benzene rings is 1. The molecule has 5 N–H and O–H groups in total. The number of unbranched alkanes of at least 4 members (excludes halogenated alkanes) is 1. The maximum atomic E-state index is 13.2. The lowest BCUT2D eigenvalue weighted by molar-refractivity contribution is -0.862. The Morgan fingerprint density at radius 1 is 1.24 bits per heavy atom. The Bertz CT molecular complexity index is 1100. The summed E-state index contributed by atoms with van der Waals surface area (Å²) in [6, 6.07) is 6.67. The Morgan fingerprint density at radius 3 is 2.53 bits per heavy atom. The predicted octanol–water partition coefficient (Wildman–Crippen LogP) is -0.295. The predicted molar refractivity (Wildman–Crippen MR) is 132 cm³/mol. The van der Waals surface area contributed by atoms with Crippen molar-refractivity contribution >= 4 is 40.6 Å². The number of aromatic amines is 1. The Balaban J connectivity index is 2.19. The number of carbonyl (C=O) groups is 2. The SMILES string of the molecule is CCCCn1c(N)c(N(CCOC)C(=O)C[NH+](C)CC(=O)Nc2ccc(Cl)cc2)c(=O)[nH]c1=O. The van der Waals surface area contributed by atoms with E-state index in [4.69, 9.17) is 22.1 Å². The van der Waals surface area contributed by atoms with Crippen LogP contribution in [0.25, 0.3) is 0 Å². The summed E-state index contributed by atoms with van der Waals surface area (Å²) in [4.78, 5) is 54.4. The van der Waals surface area contributed by atoms with Crippen LogP contribution in [0.1, 0.15) is 19.8 Å². The number of H-pyrrole nitrogens is 1. The number of methoxy groups -OCH3 is 1. The van der Waals surface area contributed by atoms with Gasteiger partial charge < -0.3 is 20.7 Å². The average Bonchev–Trinajstić information content (AvgIpc) is 2.77. The van der Waals surface area contributed by atoms with Crippen LogP contribution in [0.5, 0.6) is 0 Å². The van der Waals surface area contributed by atoms with Gasteiger partial charge in [0.15, 0.2) is 18.8 Å². The van der Waals surface area contributed by atoms with Gasteiger partial charge in [0.25, 0.3) is 17.4 Å². The standard InChI is InChI=1S/C22H31ClN6O5/c1-4-5-10-29-20(24)19(21(32)26-22(29)33)28(11-12-34-3)18(31)14-27(2)13-17(30)25-16-8-6-15(23)7-9-16/h6-9H,4-5,10-14,24H2,1-3H3,(H,25,30)(H,26,32,33)/p+1. The monoisotopic (exact) mass is 495 g/mol. The fourth-order valence-electron chi connectivity index (χ4n) is 3.35. The maximum Gasteiger partial charge on any atom is 0.330 e. The summed E-state index contributed by atoms with van der Waals surface area (Å²) in [5, 5.41) is 3.30. The number of nitrogens with one attached hydrogen (secondary N) is 3. The van der Waals surface area contributed by atoms with Crippen molar-refractivity contribution in [3.8, 4) is 0 Å². The van der Waals surface area contributed by atoms with E-state index in [2.05, 4.69) is 10.3 Å². The molecule has 12 heteroatoms. The van der Waals surface area contributed by atoms with Crippen molar-refractivity contribution in [2.45, 2.75) is 26.3 Å². The molecule has 1 heterocycles. The minimum atomic E-state index is -0.752. The zero-order chi connectivity index (χ0) is 25.3. The third-order valence-electron chi connectivity index (χ3n) is 5.08. The van der Waals surface area contributed by atoms with Crippen LogP contribution in [0.4, 0.5) is 17.2 Å². The van der Waals surface area contributed by atoms with E-state index in [1.54, 1.807) is 31.3 Å². The molecule has 0 aliphatic rings. The zero-order valence-corrected chi connectivity index (χ0v) is 20.4. The molecule has 0 fully saturated rings. The molecule has 186 valence electrons. The Hall–Kier alpha value is -3.15. The molecule has 2 rings (SSSR count). The van der Waals surface area contributed by atoms with Gasteiger partial charge in [-0.25, -0.2) is 4.79 Å². The van der Waals surface area contributed by atoms with Crippen molar-refractivity contribution in [2.24, 2.45) is 0 Å². The van der Waals surface area contributed by atoms with Crippen LogP contribution in [0, 0.1) is 0 Å². The minimum absolute atomic E-state index is 0.00826. The highest BCUT2D eigenvalue weighted by Gasteiger charge is 2.26. The highest BCUT2D eigenvalue weighted by atomic mass is 35.5. The highest BCUT2D eigenvalue weighted by Crippen LogP contribution is 2.17. The number of anilines is 3. The number of amides is 2. The van der Waals surface area contributed by atoms with Crippen molar-refractivity contribution in [1.29, 1.82) is 0 Å². The number of hydrogen-bond acceptors (Lipinski definition) is 6. The molecule has 0 aliphatic carbocycles. The van der Waals surface area contributed by atoms with E-state index in [9.17, 15) is 19.2 Å². The quantitative estimate of drug-likeness (QED) is 0.318. The Labute approximate surface area is 202 Å². The molecule has 0 bridgehead atoms. The number of ether oxygens (including phenoxy) is 1. The number of likely N-dealkylation sites (N-methyl/N-ethyl adjacent to an activating group) is 1. The van der Waals surface area contributed by atoms with E-state index < -0.39 is 17.2 Å². The highest BCUT2D eigenvalue weighted by molar-refractivity contribution is 6.30. The van der Waals surface area contributed by atoms with Crippen molar-refractivity contribution in [1.82, 2.24) is 9.55 Å². The largest absolute Gasteiger partial charge is 0.383 e. The van der Waals surface area contributed by atoms with Gasteiger partial charge in [0.1, 0.15) is 5.82 Å². The molecule has 1 atom stereocenters. The molecule has 0 spiro atoms. The van der Waals surface area contributed by atoms with Gasteiger partial charge >= 0.3 is 5.69 Å².